The minimum atomic E-state index is -4.01. The topological polar surface area (TPSA) is 82.4 Å². The van der Waals surface area contributed by atoms with Crippen molar-refractivity contribution in [1.29, 1.82) is 5.26 Å². The van der Waals surface area contributed by atoms with Gasteiger partial charge in [-0.2, -0.15) is 5.26 Å². The SMILES string of the molecule is CC(=C(C#N)S(=O)(=O)NC(C)(C)CCOC(C)(C)C)c1ccc2cc(N3CCCCC3)ccc2c1. The third-order valence-corrected chi connectivity index (χ3v) is 8.12. The Morgan fingerprint density at radius 3 is 2.29 bits per heavy atom. The highest BCUT2D eigenvalue weighted by Crippen LogP contribution is 2.29. The largest absolute Gasteiger partial charge is 0.376 e. The number of fused-ring (bicyclic) bond motifs is 1. The summed E-state index contributed by atoms with van der Waals surface area (Å²) in [6.07, 6.45) is 4.22. The van der Waals surface area contributed by atoms with Crippen molar-refractivity contribution in [3.05, 3.63) is 46.9 Å². The summed E-state index contributed by atoms with van der Waals surface area (Å²) in [6.45, 7) is 13.8. The van der Waals surface area contributed by atoms with Gasteiger partial charge in [-0.15, -0.1) is 0 Å². The quantitative estimate of drug-likeness (QED) is 0.453. The Labute approximate surface area is 211 Å². The lowest BCUT2D eigenvalue weighted by atomic mass is 10.0. The van der Waals surface area contributed by atoms with Crippen molar-refractivity contribution in [3.63, 3.8) is 0 Å². The van der Waals surface area contributed by atoms with E-state index in [9.17, 15) is 13.7 Å². The number of allylic oxidation sites excluding steroid dienone is 2. The molecule has 1 saturated heterocycles. The number of hydrogen-bond donors (Lipinski definition) is 1. The molecule has 35 heavy (non-hydrogen) atoms. The van der Waals surface area contributed by atoms with Gasteiger partial charge in [-0.1, -0.05) is 18.2 Å². The van der Waals surface area contributed by atoms with Crippen LogP contribution in [0.1, 0.15) is 72.8 Å². The first-order chi connectivity index (χ1) is 16.3. The number of rotatable bonds is 8. The second-order valence-corrected chi connectivity index (χ2v) is 12.7. The molecule has 2 aromatic rings. The highest BCUT2D eigenvalue weighted by atomic mass is 32.2. The fraction of sp³-hybridized carbons (Fsp3) is 0.536. The van der Waals surface area contributed by atoms with Gasteiger partial charge in [-0.25, -0.2) is 13.1 Å². The molecule has 1 aliphatic rings. The number of piperidine rings is 1. The molecule has 1 heterocycles. The summed E-state index contributed by atoms with van der Waals surface area (Å²) in [5.74, 6) is 0. The number of benzene rings is 2. The van der Waals surface area contributed by atoms with E-state index < -0.39 is 15.6 Å². The van der Waals surface area contributed by atoms with Gasteiger partial charge < -0.3 is 9.64 Å². The Morgan fingerprint density at radius 2 is 1.66 bits per heavy atom. The van der Waals surface area contributed by atoms with Crippen LogP contribution >= 0.6 is 0 Å². The van der Waals surface area contributed by atoms with Crippen LogP contribution in [-0.2, 0) is 14.8 Å². The fourth-order valence-corrected chi connectivity index (χ4v) is 5.94. The molecule has 0 aromatic heterocycles. The summed E-state index contributed by atoms with van der Waals surface area (Å²) < 4.78 is 34.9. The third-order valence-electron chi connectivity index (χ3n) is 6.36. The Kier molecular flexibility index (Phi) is 8.31. The second-order valence-electron chi connectivity index (χ2n) is 11.1. The minimum absolute atomic E-state index is 0.258. The van der Waals surface area contributed by atoms with Crippen molar-refractivity contribution >= 4 is 32.1 Å². The van der Waals surface area contributed by atoms with Crippen molar-refractivity contribution in [2.75, 3.05) is 24.6 Å². The first kappa shape index (κ1) is 27.2. The van der Waals surface area contributed by atoms with Crippen molar-refractivity contribution in [2.24, 2.45) is 0 Å². The van der Waals surface area contributed by atoms with Crippen LogP contribution < -0.4 is 9.62 Å². The molecular weight excluding hydrogens is 458 g/mol. The summed E-state index contributed by atoms with van der Waals surface area (Å²) in [5, 5.41) is 11.9. The summed E-state index contributed by atoms with van der Waals surface area (Å²) in [5.41, 5.74) is 1.32. The van der Waals surface area contributed by atoms with E-state index in [0.29, 0.717) is 18.6 Å². The zero-order valence-electron chi connectivity index (χ0n) is 21.9. The molecule has 3 rings (SSSR count). The van der Waals surface area contributed by atoms with E-state index in [1.54, 1.807) is 20.8 Å². The van der Waals surface area contributed by atoms with E-state index in [1.807, 2.05) is 45.0 Å². The monoisotopic (exact) mass is 497 g/mol. The smallest absolute Gasteiger partial charge is 0.251 e. The zero-order valence-corrected chi connectivity index (χ0v) is 22.8. The predicted molar refractivity (Wildman–Crippen MR) is 145 cm³/mol. The van der Waals surface area contributed by atoms with E-state index >= 15 is 0 Å². The molecule has 1 fully saturated rings. The van der Waals surface area contributed by atoms with Crippen LogP contribution in [-0.4, -0.2) is 39.3 Å². The van der Waals surface area contributed by atoms with Gasteiger partial charge in [0, 0.05) is 30.9 Å². The van der Waals surface area contributed by atoms with E-state index in [0.717, 1.165) is 29.4 Å². The summed E-state index contributed by atoms with van der Waals surface area (Å²) in [4.78, 5) is 2.16. The molecule has 7 heteroatoms. The van der Waals surface area contributed by atoms with Gasteiger partial charge >= 0.3 is 0 Å². The van der Waals surface area contributed by atoms with E-state index in [-0.39, 0.29) is 10.5 Å². The lowest BCUT2D eigenvalue weighted by Gasteiger charge is -2.29. The van der Waals surface area contributed by atoms with Crippen LogP contribution in [0.4, 0.5) is 5.69 Å². The van der Waals surface area contributed by atoms with Gasteiger partial charge in [0.15, 0.2) is 4.91 Å². The highest BCUT2D eigenvalue weighted by molar-refractivity contribution is 7.94. The number of nitriles is 1. The maximum Gasteiger partial charge on any atom is 0.251 e. The summed E-state index contributed by atoms with van der Waals surface area (Å²) in [7, 11) is -4.01. The van der Waals surface area contributed by atoms with E-state index in [2.05, 4.69) is 27.8 Å². The molecule has 2 aromatic carbocycles. The highest BCUT2D eigenvalue weighted by Gasteiger charge is 2.30. The number of sulfonamides is 1. The molecule has 0 unspecified atom stereocenters. The maximum absolute atomic E-state index is 13.2. The normalized spacial score (nSPS) is 16.2. The summed E-state index contributed by atoms with van der Waals surface area (Å²) >= 11 is 0. The average molecular weight is 498 g/mol. The van der Waals surface area contributed by atoms with E-state index in [1.165, 1.54) is 24.9 Å². The third kappa shape index (κ3) is 7.30. The van der Waals surface area contributed by atoms with Gasteiger partial charge in [0.05, 0.1) is 5.60 Å². The fourth-order valence-electron chi connectivity index (χ4n) is 4.37. The second kappa shape index (κ2) is 10.7. The van der Waals surface area contributed by atoms with Crippen LogP contribution in [0.5, 0.6) is 0 Å². The molecule has 190 valence electrons. The van der Waals surface area contributed by atoms with Gasteiger partial charge in [-0.3, -0.25) is 0 Å². The van der Waals surface area contributed by atoms with Gasteiger partial charge in [0.25, 0.3) is 10.0 Å². The van der Waals surface area contributed by atoms with Crippen LogP contribution in [0.15, 0.2) is 41.3 Å². The standard InChI is InChI=1S/C28H39N3O3S/c1-21(26(20-29)35(32,33)30-28(5,6)14-17-34-27(2,3)4)22-10-11-24-19-25(13-12-23(24)18-22)31-15-8-7-9-16-31/h10-13,18-19,30H,7-9,14-17H2,1-6H3. The van der Waals surface area contributed by atoms with Crippen molar-refractivity contribution < 1.29 is 13.2 Å². The lowest BCUT2D eigenvalue weighted by Crippen LogP contribution is -2.45. The maximum atomic E-state index is 13.2. The molecule has 6 nitrogen and oxygen atoms in total. The molecule has 1 aliphatic heterocycles. The first-order valence-corrected chi connectivity index (χ1v) is 13.9. The van der Waals surface area contributed by atoms with Gasteiger partial charge in [0.2, 0.25) is 0 Å². The Morgan fingerprint density at radius 1 is 1.03 bits per heavy atom. The van der Waals surface area contributed by atoms with Gasteiger partial charge in [-0.05, 0) is 107 Å². The summed E-state index contributed by atoms with van der Waals surface area (Å²) in [6, 6.07) is 14.2. The van der Waals surface area contributed by atoms with Gasteiger partial charge in [0.1, 0.15) is 6.07 Å². The van der Waals surface area contributed by atoms with E-state index in [4.69, 9.17) is 4.74 Å². The van der Waals surface area contributed by atoms with Crippen LogP contribution in [0, 0.1) is 11.3 Å². The molecule has 0 aliphatic carbocycles. The van der Waals surface area contributed by atoms with Crippen molar-refractivity contribution in [2.45, 2.75) is 78.4 Å². The average Bonchev–Trinajstić information content (AvgIpc) is 2.77. The van der Waals surface area contributed by atoms with Crippen molar-refractivity contribution in [3.8, 4) is 6.07 Å². The number of nitrogens with one attached hydrogen (secondary N) is 1. The van der Waals surface area contributed by atoms with Crippen LogP contribution in [0.3, 0.4) is 0 Å². The molecular formula is C28H39N3O3S. The Hall–Kier alpha value is -2.40. The molecule has 0 radical (unpaired) electrons. The minimum Gasteiger partial charge on any atom is -0.376 e. The number of nitrogens with zero attached hydrogens (tertiary/aromatic N) is 2. The number of anilines is 1. The molecule has 0 atom stereocenters. The molecule has 0 spiro atoms. The molecule has 0 amide bonds. The van der Waals surface area contributed by atoms with Crippen molar-refractivity contribution in [1.82, 2.24) is 4.72 Å². The molecule has 1 N–H and O–H groups in total. The number of ether oxygens (including phenoxy) is 1. The van der Waals surface area contributed by atoms with Crippen LogP contribution in [0.2, 0.25) is 0 Å². The molecule has 0 saturated carbocycles. The number of hydrogen-bond acceptors (Lipinski definition) is 5. The first-order valence-electron chi connectivity index (χ1n) is 12.4. The predicted octanol–water partition coefficient (Wildman–Crippen LogP) is 5.99. The lowest BCUT2D eigenvalue weighted by molar-refractivity contribution is -0.0102. The Balaban J connectivity index is 1.84. The molecule has 0 bridgehead atoms. The Bertz CT molecular complexity index is 1230. The zero-order chi connectivity index (χ0) is 25.9. The van der Waals surface area contributed by atoms with Crippen LogP contribution in [0.25, 0.3) is 16.3 Å².